The van der Waals surface area contributed by atoms with E-state index in [2.05, 4.69) is 9.97 Å². The van der Waals surface area contributed by atoms with Crippen molar-refractivity contribution in [2.45, 2.75) is 37.8 Å². The van der Waals surface area contributed by atoms with Gasteiger partial charge in [0.2, 0.25) is 0 Å². The van der Waals surface area contributed by atoms with Crippen molar-refractivity contribution in [3.05, 3.63) is 77.4 Å². The third kappa shape index (κ3) is 3.12. The zero-order valence-electron chi connectivity index (χ0n) is 18.0. The number of amides is 1. The maximum absolute atomic E-state index is 14.0. The topological polar surface area (TPSA) is 63.9 Å². The number of aromatic nitrogens is 4. The fourth-order valence-electron chi connectivity index (χ4n) is 5.52. The van der Waals surface area contributed by atoms with Gasteiger partial charge >= 0.3 is 0 Å². The van der Waals surface area contributed by atoms with Gasteiger partial charge in [-0.1, -0.05) is 0 Å². The number of nitrogens with zero attached hydrogens (tertiary/aromatic N) is 5. The Morgan fingerprint density at radius 3 is 2.73 bits per heavy atom. The molecule has 5 heterocycles. The highest BCUT2D eigenvalue weighted by atomic mass is 19.1. The Morgan fingerprint density at radius 2 is 1.91 bits per heavy atom. The first-order chi connectivity index (χ1) is 16.0. The number of piperidine rings is 1. The third-order valence-electron chi connectivity index (χ3n) is 6.82. The molecular weight excluding hydrogens is 424 g/mol. The predicted octanol–water partition coefficient (Wildman–Crippen LogP) is 4.60. The average Bonchev–Trinajstić information content (AvgIpc) is 3.13. The number of aryl methyl sites for hydroxylation is 1. The first-order valence-electron chi connectivity index (χ1n) is 11.0. The number of rotatable bonds is 2. The van der Waals surface area contributed by atoms with Gasteiger partial charge in [-0.15, -0.1) is 0 Å². The Hall–Kier alpha value is -3.68. The van der Waals surface area contributed by atoms with Crippen LogP contribution >= 0.6 is 0 Å². The van der Waals surface area contributed by atoms with Gasteiger partial charge in [0.15, 0.2) is 0 Å². The SMILES string of the molecule is Cn1nc2c(c1-c1cc(F)cc(F)c1)C[C@H]1CCC[C@@H]2N1C(=O)c1ccnc2cnccc12. The zero-order valence-corrected chi connectivity index (χ0v) is 18.0. The predicted molar refractivity (Wildman–Crippen MR) is 118 cm³/mol. The van der Waals surface area contributed by atoms with Crippen LogP contribution in [0.25, 0.3) is 22.2 Å². The summed E-state index contributed by atoms with van der Waals surface area (Å²) in [5.74, 6) is -1.28. The monoisotopic (exact) mass is 445 g/mol. The summed E-state index contributed by atoms with van der Waals surface area (Å²) in [5.41, 5.74) is 4.26. The second-order valence-electron chi connectivity index (χ2n) is 8.76. The van der Waals surface area contributed by atoms with Gasteiger partial charge in [0.05, 0.1) is 34.7 Å². The summed E-state index contributed by atoms with van der Waals surface area (Å²) in [6.07, 6.45) is 8.23. The normalized spacial score (nSPS) is 19.5. The van der Waals surface area contributed by atoms with Crippen molar-refractivity contribution in [1.82, 2.24) is 24.6 Å². The average molecular weight is 445 g/mol. The Kier molecular flexibility index (Phi) is 4.50. The van der Waals surface area contributed by atoms with Crippen LogP contribution < -0.4 is 0 Å². The van der Waals surface area contributed by atoms with Crippen LogP contribution in [0.15, 0.2) is 48.9 Å². The smallest absolute Gasteiger partial charge is 0.255 e. The largest absolute Gasteiger partial charge is 0.327 e. The summed E-state index contributed by atoms with van der Waals surface area (Å²) in [4.78, 5) is 24.2. The van der Waals surface area contributed by atoms with Crippen molar-refractivity contribution < 1.29 is 13.6 Å². The molecule has 6 nitrogen and oxygen atoms in total. The molecule has 1 saturated heterocycles. The Balaban J connectivity index is 1.46. The number of benzene rings is 1. The van der Waals surface area contributed by atoms with E-state index >= 15 is 0 Å². The number of carbonyl (C=O) groups excluding carboxylic acids is 1. The summed E-state index contributed by atoms with van der Waals surface area (Å²) < 4.78 is 29.6. The summed E-state index contributed by atoms with van der Waals surface area (Å²) in [6.45, 7) is 0. The maximum atomic E-state index is 14.0. The Labute approximate surface area is 188 Å². The molecule has 1 fully saturated rings. The van der Waals surface area contributed by atoms with E-state index in [1.54, 1.807) is 36.4 Å². The molecule has 2 bridgehead atoms. The number of halogens is 2. The highest BCUT2D eigenvalue weighted by Crippen LogP contribution is 2.45. The molecule has 2 atom stereocenters. The van der Waals surface area contributed by atoms with E-state index in [0.29, 0.717) is 28.8 Å². The molecule has 0 unspecified atom stereocenters. The van der Waals surface area contributed by atoms with Crippen LogP contribution in [-0.4, -0.2) is 36.6 Å². The van der Waals surface area contributed by atoms with Crippen molar-refractivity contribution in [3.63, 3.8) is 0 Å². The second kappa shape index (κ2) is 7.43. The summed E-state index contributed by atoms with van der Waals surface area (Å²) in [5, 5.41) is 5.53. The molecule has 3 aromatic heterocycles. The number of fused-ring (bicyclic) bond motifs is 5. The molecular formula is C25H21F2N5O. The molecule has 1 aromatic carbocycles. The lowest BCUT2D eigenvalue weighted by Crippen LogP contribution is -2.49. The summed E-state index contributed by atoms with van der Waals surface area (Å²) >= 11 is 0. The fraction of sp³-hybridized carbons (Fsp3) is 0.280. The lowest BCUT2D eigenvalue weighted by molar-refractivity contribution is 0.0394. The van der Waals surface area contributed by atoms with E-state index in [1.165, 1.54) is 12.1 Å². The fourth-order valence-corrected chi connectivity index (χ4v) is 5.52. The number of hydrogen-bond acceptors (Lipinski definition) is 4. The third-order valence-corrected chi connectivity index (χ3v) is 6.82. The van der Waals surface area contributed by atoms with Crippen molar-refractivity contribution in [2.24, 2.45) is 7.05 Å². The quantitative estimate of drug-likeness (QED) is 0.452. The van der Waals surface area contributed by atoms with Crippen LogP contribution in [0.4, 0.5) is 8.78 Å². The van der Waals surface area contributed by atoms with Crippen LogP contribution in [0.2, 0.25) is 0 Å². The first kappa shape index (κ1) is 20.0. The van der Waals surface area contributed by atoms with Crippen LogP contribution in [0, 0.1) is 11.6 Å². The lowest BCUT2D eigenvalue weighted by atomic mass is 9.81. The Morgan fingerprint density at radius 1 is 1.09 bits per heavy atom. The number of pyridine rings is 2. The van der Waals surface area contributed by atoms with Gasteiger partial charge in [-0.05, 0) is 49.9 Å². The Bertz CT molecular complexity index is 1390. The van der Waals surface area contributed by atoms with Crippen LogP contribution in [0.3, 0.4) is 0 Å². The molecule has 8 heteroatoms. The minimum absolute atomic E-state index is 0.00448. The molecule has 6 rings (SSSR count). The molecule has 1 amide bonds. The highest BCUT2D eigenvalue weighted by molar-refractivity contribution is 6.06. The summed E-state index contributed by atoms with van der Waals surface area (Å²) in [7, 11) is 1.79. The van der Waals surface area contributed by atoms with Gasteiger partial charge in [0, 0.05) is 48.1 Å². The van der Waals surface area contributed by atoms with Gasteiger partial charge in [-0.25, -0.2) is 8.78 Å². The molecule has 0 saturated carbocycles. The molecule has 2 aliphatic rings. The van der Waals surface area contributed by atoms with Gasteiger partial charge in [0.1, 0.15) is 11.6 Å². The van der Waals surface area contributed by atoms with E-state index in [0.717, 1.165) is 42.0 Å². The van der Waals surface area contributed by atoms with Crippen LogP contribution in [-0.2, 0) is 13.5 Å². The van der Waals surface area contributed by atoms with E-state index in [9.17, 15) is 13.6 Å². The summed E-state index contributed by atoms with van der Waals surface area (Å²) in [6, 6.07) is 6.94. The first-order valence-corrected chi connectivity index (χ1v) is 11.0. The molecule has 2 aliphatic heterocycles. The maximum Gasteiger partial charge on any atom is 0.255 e. The van der Waals surface area contributed by atoms with Crippen molar-refractivity contribution in [1.29, 1.82) is 0 Å². The number of hydrogen-bond donors (Lipinski definition) is 0. The molecule has 0 N–H and O–H groups in total. The van der Waals surface area contributed by atoms with E-state index in [-0.39, 0.29) is 18.0 Å². The van der Waals surface area contributed by atoms with Crippen LogP contribution in [0.1, 0.15) is 46.9 Å². The molecule has 4 aromatic rings. The van der Waals surface area contributed by atoms with Crippen molar-refractivity contribution in [3.8, 4) is 11.3 Å². The van der Waals surface area contributed by atoms with E-state index in [1.807, 2.05) is 11.0 Å². The molecule has 0 aliphatic carbocycles. The van der Waals surface area contributed by atoms with Crippen molar-refractivity contribution in [2.75, 3.05) is 0 Å². The zero-order chi connectivity index (χ0) is 22.7. The standard InChI is InChI=1S/C25H21F2N5O/c1-31-24(14-9-15(26)11-16(27)10-14)20-12-17-3-2-4-22(23(20)30-31)32(17)25(33)19-6-8-29-21-13-28-7-5-18(19)21/h5-11,13,17,22H,2-4,12H2,1H3/t17-,22+/m1/s1. The number of carbonyl (C=O) groups is 1. The van der Waals surface area contributed by atoms with Gasteiger partial charge in [0.25, 0.3) is 5.91 Å². The second-order valence-corrected chi connectivity index (χ2v) is 8.76. The van der Waals surface area contributed by atoms with E-state index in [4.69, 9.17) is 5.10 Å². The molecule has 166 valence electrons. The van der Waals surface area contributed by atoms with Crippen LogP contribution in [0.5, 0.6) is 0 Å². The molecule has 0 spiro atoms. The minimum atomic E-state index is -0.619. The van der Waals surface area contributed by atoms with E-state index < -0.39 is 11.6 Å². The highest BCUT2D eigenvalue weighted by Gasteiger charge is 2.43. The lowest BCUT2D eigenvalue weighted by Gasteiger charge is -2.45. The minimum Gasteiger partial charge on any atom is -0.327 e. The van der Waals surface area contributed by atoms with Gasteiger partial charge in [-0.3, -0.25) is 19.4 Å². The van der Waals surface area contributed by atoms with Crippen molar-refractivity contribution >= 4 is 16.8 Å². The molecule has 33 heavy (non-hydrogen) atoms. The van der Waals surface area contributed by atoms with Gasteiger partial charge < -0.3 is 4.90 Å². The van der Waals surface area contributed by atoms with Gasteiger partial charge in [-0.2, -0.15) is 5.10 Å². The molecule has 0 radical (unpaired) electrons.